The lowest BCUT2D eigenvalue weighted by Crippen LogP contribution is -2.03. The van der Waals surface area contributed by atoms with Crippen LogP contribution in [0.15, 0.2) is 58.8 Å². The molecule has 0 saturated carbocycles. The topological polar surface area (TPSA) is 34.0 Å². The molecule has 0 aromatic heterocycles. The summed E-state index contributed by atoms with van der Waals surface area (Å²) in [4.78, 5) is 0. The quantitative estimate of drug-likeness (QED) is 0.475. The van der Waals surface area contributed by atoms with Gasteiger partial charge in [-0.15, -0.1) is 0 Å². The van der Waals surface area contributed by atoms with Gasteiger partial charge in [0.25, 0.3) is 0 Å². The van der Waals surface area contributed by atoms with Crippen molar-refractivity contribution in [2.75, 3.05) is 11.9 Å². The van der Waals surface area contributed by atoms with E-state index in [1.807, 2.05) is 0 Å². The van der Waals surface area contributed by atoms with Gasteiger partial charge in [0.05, 0.1) is 23.5 Å². The number of hydrogen-bond donors (Lipinski definition) is 0. The molecule has 2 aromatic carbocycles. The number of azo groups is 1. The predicted molar refractivity (Wildman–Crippen MR) is 81.4 cm³/mol. The smallest absolute Gasteiger partial charge is 0.416 e. The van der Waals surface area contributed by atoms with Crippen LogP contribution in [0.3, 0.4) is 0 Å². The fraction of sp³-hybridized carbons (Fsp3) is 0.200. The summed E-state index contributed by atoms with van der Waals surface area (Å²) >= 11 is 3.26. The Morgan fingerprint density at radius 3 is 1.82 bits per heavy atom. The van der Waals surface area contributed by atoms with Gasteiger partial charge in [-0.1, -0.05) is 15.9 Å². The van der Waals surface area contributed by atoms with Crippen molar-refractivity contribution in [2.45, 2.75) is 6.18 Å². The maximum Gasteiger partial charge on any atom is 0.416 e. The molecule has 0 atom stereocenters. The van der Waals surface area contributed by atoms with Gasteiger partial charge < -0.3 is 4.74 Å². The third kappa shape index (κ3) is 4.84. The summed E-state index contributed by atoms with van der Waals surface area (Å²) in [7, 11) is 0. The van der Waals surface area contributed by atoms with Crippen molar-refractivity contribution in [3.05, 3.63) is 54.1 Å². The van der Waals surface area contributed by atoms with Crippen molar-refractivity contribution in [2.24, 2.45) is 10.2 Å². The molecule has 2 rings (SSSR count). The monoisotopic (exact) mass is 372 g/mol. The summed E-state index contributed by atoms with van der Waals surface area (Å²) in [6.07, 6.45) is -4.35. The summed E-state index contributed by atoms with van der Waals surface area (Å²) in [6.45, 7) is 0.562. The molecule has 0 amide bonds. The minimum absolute atomic E-state index is 0.354. The first-order valence-corrected chi connectivity index (χ1v) is 7.49. The van der Waals surface area contributed by atoms with E-state index in [1.54, 1.807) is 24.3 Å². The molecule has 0 bridgehead atoms. The molecule has 0 spiro atoms. The first-order valence-electron chi connectivity index (χ1n) is 6.37. The van der Waals surface area contributed by atoms with E-state index in [9.17, 15) is 13.2 Å². The Labute approximate surface area is 134 Å². The Kier molecular flexibility index (Phi) is 5.54. The highest BCUT2D eigenvalue weighted by Gasteiger charge is 2.29. The summed E-state index contributed by atoms with van der Waals surface area (Å²) in [5, 5.41) is 8.61. The number of benzene rings is 2. The van der Waals surface area contributed by atoms with Crippen LogP contribution in [0.2, 0.25) is 0 Å². The molecule has 0 radical (unpaired) electrons. The van der Waals surface area contributed by atoms with E-state index in [-0.39, 0.29) is 0 Å². The normalized spacial score (nSPS) is 11.8. The maximum atomic E-state index is 12.4. The van der Waals surface area contributed by atoms with E-state index in [2.05, 4.69) is 26.2 Å². The molecule has 2 aromatic rings. The van der Waals surface area contributed by atoms with Crippen molar-refractivity contribution >= 4 is 27.3 Å². The molecular weight excluding hydrogens is 361 g/mol. The summed E-state index contributed by atoms with van der Waals surface area (Å²) < 4.78 is 42.7. The van der Waals surface area contributed by atoms with E-state index in [1.165, 1.54) is 12.1 Å². The Bertz CT molecular complexity index is 625. The lowest BCUT2D eigenvalue weighted by Gasteiger charge is -2.05. The second kappa shape index (κ2) is 7.40. The van der Waals surface area contributed by atoms with Crippen LogP contribution < -0.4 is 4.74 Å². The zero-order chi connectivity index (χ0) is 16.0. The maximum absolute atomic E-state index is 12.4. The minimum atomic E-state index is -4.35. The van der Waals surface area contributed by atoms with Gasteiger partial charge in [0.1, 0.15) is 5.75 Å². The number of nitrogens with zero attached hydrogens (tertiary/aromatic N) is 2. The molecule has 0 saturated heterocycles. The van der Waals surface area contributed by atoms with Gasteiger partial charge in [0.2, 0.25) is 0 Å². The van der Waals surface area contributed by atoms with Crippen molar-refractivity contribution in [3.63, 3.8) is 0 Å². The summed E-state index contributed by atoms with van der Waals surface area (Å²) in [5.74, 6) is 0.716. The van der Waals surface area contributed by atoms with Gasteiger partial charge in [-0.2, -0.15) is 23.4 Å². The zero-order valence-electron chi connectivity index (χ0n) is 11.3. The van der Waals surface area contributed by atoms with E-state index < -0.39 is 11.7 Å². The van der Waals surface area contributed by atoms with E-state index in [4.69, 9.17) is 4.74 Å². The Hall–Kier alpha value is -1.89. The Morgan fingerprint density at radius 1 is 0.864 bits per heavy atom. The van der Waals surface area contributed by atoms with Gasteiger partial charge in [0.15, 0.2) is 0 Å². The Morgan fingerprint density at radius 2 is 1.36 bits per heavy atom. The van der Waals surface area contributed by atoms with E-state index >= 15 is 0 Å². The highest BCUT2D eigenvalue weighted by atomic mass is 79.9. The third-order valence-corrected chi connectivity index (χ3v) is 2.98. The summed E-state index contributed by atoms with van der Waals surface area (Å²) in [6, 6.07) is 11.5. The van der Waals surface area contributed by atoms with Crippen LogP contribution in [0.1, 0.15) is 5.56 Å². The van der Waals surface area contributed by atoms with E-state index in [0.717, 1.165) is 17.5 Å². The molecule has 0 aliphatic heterocycles. The first kappa shape index (κ1) is 16.5. The fourth-order valence-corrected chi connectivity index (χ4v) is 1.76. The highest BCUT2D eigenvalue weighted by molar-refractivity contribution is 9.09. The van der Waals surface area contributed by atoms with Crippen LogP contribution in [0.4, 0.5) is 24.5 Å². The van der Waals surface area contributed by atoms with Crippen LogP contribution in [-0.2, 0) is 6.18 Å². The first-order chi connectivity index (χ1) is 10.5. The number of alkyl halides is 4. The summed E-state index contributed by atoms with van der Waals surface area (Å²) in [5.41, 5.74) is 0.235. The highest BCUT2D eigenvalue weighted by Crippen LogP contribution is 2.30. The molecule has 0 fully saturated rings. The van der Waals surface area contributed by atoms with Crippen LogP contribution >= 0.6 is 15.9 Å². The number of halogens is 4. The fourth-order valence-electron chi connectivity index (χ4n) is 1.60. The number of rotatable bonds is 5. The SMILES string of the molecule is FC(F)(F)c1ccc(N=Nc2ccc(OCCBr)cc2)cc1. The standard InChI is InChI=1S/C15H12BrF3N2O/c16-9-10-22-14-7-5-13(6-8-14)21-20-12-3-1-11(2-4-12)15(17,18)19/h1-8H,9-10H2. The van der Waals surface area contributed by atoms with Crippen LogP contribution in [0.25, 0.3) is 0 Å². The molecule has 0 N–H and O–H groups in total. The molecule has 7 heteroatoms. The van der Waals surface area contributed by atoms with Gasteiger partial charge >= 0.3 is 6.18 Å². The Balaban J connectivity index is 2.02. The molecule has 22 heavy (non-hydrogen) atoms. The average molecular weight is 373 g/mol. The number of ether oxygens (including phenoxy) is 1. The lowest BCUT2D eigenvalue weighted by molar-refractivity contribution is -0.137. The van der Waals surface area contributed by atoms with Gasteiger partial charge in [-0.3, -0.25) is 0 Å². The van der Waals surface area contributed by atoms with E-state index in [0.29, 0.717) is 23.7 Å². The largest absolute Gasteiger partial charge is 0.493 e. The van der Waals surface area contributed by atoms with Crippen LogP contribution in [0.5, 0.6) is 5.75 Å². The van der Waals surface area contributed by atoms with Gasteiger partial charge in [-0.05, 0) is 48.5 Å². The van der Waals surface area contributed by atoms with Crippen molar-refractivity contribution in [1.29, 1.82) is 0 Å². The molecule has 0 heterocycles. The van der Waals surface area contributed by atoms with Crippen molar-refractivity contribution < 1.29 is 17.9 Å². The van der Waals surface area contributed by atoms with Gasteiger partial charge in [0, 0.05) is 5.33 Å². The van der Waals surface area contributed by atoms with Crippen LogP contribution in [0, 0.1) is 0 Å². The minimum Gasteiger partial charge on any atom is -0.493 e. The lowest BCUT2D eigenvalue weighted by atomic mass is 10.2. The zero-order valence-corrected chi connectivity index (χ0v) is 12.9. The molecule has 0 aliphatic carbocycles. The molecule has 116 valence electrons. The average Bonchev–Trinajstić information content (AvgIpc) is 2.51. The van der Waals surface area contributed by atoms with Crippen molar-refractivity contribution in [3.8, 4) is 5.75 Å². The van der Waals surface area contributed by atoms with Crippen LogP contribution in [-0.4, -0.2) is 11.9 Å². The number of hydrogen-bond acceptors (Lipinski definition) is 3. The molecule has 0 unspecified atom stereocenters. The second-order valence-corrected chi connectivity index (χ2v) is 5.07. The molecule has 0 aliphatic rings. The molecule has 3 nitrogen and oxygen atoms in total. The van der Waals surface area contributed by atoms with Crippen molar-refractivity contribution in [1.82, 2.24) is 0 Å². The third-order valence-electron chi connectivity index (χ3n) is 2.66. The van der Waals surface area contributed by atoms with Gasteiger partial charge in [-0.25, -0.2) is 0 Å². The predicted octanol–water partition coefficient (Wildman–Crippen LogP) is 5.89. The second-order valence-electron chi connectivity index (χ2n) is 4.28. The molecular formula is C15H12BrF3N2O.